The largest absolute Gasteiger partial charge is 0.491 e. The Hall–Kier alpha value is -2.31. The van der Waals surface area contributed by atoms with E-state index in [1.165, 1.54) is 26.0 Å². The van der Waals surface area contributed by atoms with Gasteiger partial charge in [0.15, 0.2) is 17.4 Å². The van der Waals surface area contributed by atoms with Crippen LogP contribution in [0.3, 0.4) is 0 Å². The van der Waals surface area contributed by atoms with Crippen LogP contribution in [0.5, 0.6) is 5.75 Å². The molecule has 0 fully saturated rings. The van der Waals surface area contributed by atoms with Gasteiger partial charge in [-0.05, 0) is 32.9 Å². The lowest BCUT2D eigenvalue weighted by molar-refractivity contribution is -0.121. The molecule has 0 saturated heterocycles. The minimum Gasteiger partial charge on any atom is -0.491 e. The highest BCUT2D eigenvalue weighted by Gasteiger charge is 2.33. The maximum Gasteiger partial charge on any atom is 0.237 e. The van der Waals surface area contributed by atoms with E-state index in [-0.39, 0.29) is 17.3 Å². The highest BCUT2D eigenvalue weighted by Crippen LogP contribution is 2.23. The fraction of sp³-hybridized carbons (Fsp3) is 0.385. The summed E-state index contributed by atoms with van der Waals surface area (Å²) >= 11 is 0. The van der Waals surface area contributed by atoms with Crippen LogP contribution in [0.25, 0.3) is 0 Å². The number of anilines is 1. The molecule has 1 aromatic carbocycles. The van der Waals surface area contributed by atoms with Gasteiger partial charge >= 0.3 is 0 Å². The first-order valence-corrected chi connectivity index (χ1v) is 6.04. The predicted molar refractivity (Wildman–Crippen MR) is 73.4 cm³/mol. The van der Waals surface area contributed by atoms with Crippen molar-refractivity contribution in [2.45, 2.75) is 20.8 Å². The van der Waals surface area contributed by atoms with E-state index in [2.05, 4.69) is 10.5 Å². The third-order valence-electron chi connectivity index (χ3n) is 2.81. The van der Waals surface area contributed by atoms with Crippen LogP contribution in [0.1, 0.15) is 20.8 Å². The molecule has 0 saturated carbocycles. The van der Waals surface area contributed by atoms with Gasteiger partial charge in [0.25, 0.3) is 0 Å². The number of hydrogen-bond donors (Lipinski definition) is 3. The molecular formula is C13H18FN3O3. The molecule has 0 bridgehead atoms. The number of nitrogens with one attached hydrogen (secondary N) is 1. The molecule has 0 aromatic heterocycles. The summed E-state index contributed by atoms with van der Waals surface area (Å²) in [6, 6.07) is 4.07. The first-order chi connectivity index (χ1) is 9.32. The molecule has 1 aromatic rings. The number of hydrogen-bond acceptors (Lipinski definition) is 4. The highest BCUT2D eigenvalue weighted by molar-refractivity contribution is 6.11. The van der Waals surface area contributed by atoms with E-state index in [1.54, 1.807) is 6.92 Å². The number of ether oxygens (including phenoxy) is 1. The summed E-state index contributed by atoms with van der Waals surface area (Å²) in [4.78, 5) is 12.0. The van der Waals surface area contributed by atoms with Gasteiger partial charge in [0.1, 0.15) is 5.41 Å². The molecule has 20 heavy (non-hydrogen) atoms. The summed E-state index contributed by atoms with van der Waals surface area (Å²) in [5.74, 6) is -1.22. The van der Waals surface area contributed by atoms with Crippen LogP contribution in [-0.4, -0.2) is 23.6 Å². The van der Waals surface area contributed by atoms with Crippen molar-refractivity contribution >= 4 is 17.4 Å². The zero-order valence-corrected chi connectivity index (χ0v) is 11.6. The van der Waals surface area contributed by atoms with Crippen molar-refractivity contribution in [1.29, 1.82) is 0 Å². The highest BCUT2D eigenvalue weighted by atomic mass is 19.1. The second-order valence-corrected chi connectivity index (χ2v) is 4.64. The van der Waals surface area contributed by atoms with Gasteiger partial charge in [-0.1, -0.05) is 5.16 Å². The van der Waals surface area contributed by atoms with E-state index in [1.807, 2.05) is 0 Å². The Kier molecular flexibility index (Phi) is 4.90. The predicted octanol–water partition coefficient (Wildman–Crippen LogP) is 1.94. The van der Waals surface area contributed by atoms with E-state index in [0.29, 0.717) is 6.61 Å². The Balaban J connectivity index is 2.89. The van der Waals surface area contributed by atoms with Crippen LogP contribution in [0.4, 0.5) is 10.1 Å². The zero-order chi connectivity index (χ0) is 15.3. The molecule has 6 nitrogen and oxygen atoms in total. The first-order valence-electron chi connectivity index (χ1n) is 6.04. The van der Waals surface area contributed by atoms with Crippen LogP contribution < -0.4 is 15.8 Å². The fourth-order valence-electron chi connectivity index (χ4n) is 1.38. The standard InChI is InChI=1S/C13H18FN3O3/c1-4-20-10-6-5-8(7-9(10)14)16-12(18)13(2,3)11(15)17-19/h5-7,19H,4H2,1-3H3,(H2,15,17)(H,16,18). The first kappa shape index (κ1) is 15.7. The Morgan fingerprint density at radius 2 is 2.20 bits per heavy atom. The molecular weight excluding hydrogens is 265 g/mol. The SMILES string of the molecule is CCOc1ccc(NC(=O)C(C)(C)/C(N)=N/O)cc1F. The lowest BCUT2D eigenvalue weighted by Crippen LogP contribution is -2.42. The second kappa shape index (κ2) is 6.23. The van der Waals surface area contributed by atoms with Crippen molar-refractivity contribution in [3.05, 3.63) is 24.0 Å². The molecule has 1 rings (SSSR count). The Labute approximate surface area is 116 Å². The third kappa shape index (κ3) is 3.37. The summed E-state index contributed by atoms with van der Waals surface area (Å²) in [5.41, 5.74) is 4.48. The molecule has 0 aliphatic rings. The van der Waals surface area contributed by atoms with Gasteiger partial charge in [-0.25, -0.2) is 4.39 Å². The number of oxime groups is 1. The molecule has 4 N–H and O–H groups in total. The second-order valence-electron chi connectivity index (χ2n) is 4.64. The minimum absolute atomic E-state index is 0.112. The number of carbonyl (C=O) groups is 1. The normalized spacial score (nSPS) is 12.1. The molecule has 7 heteroatoms. The van der Waals surface area contributed by atoms with Crippen molar-refractivity contribution in [2.75, 3.05) is 11.9 Å². The maximum atomic E-state index is 13.6. The summed E-state index contributed by atoms with van der Waals surface area (Å²) in [6.07, 6.45) is 0. The topological polar surface area (TPSA) is 96.9 Å². The number of amides is 1. The third-order valence-corrected chi connectivity index (χ3v) is 2.81. The lowest BCUT2D eigenvalue weighted by Gasteiger charge is -2.21. The van der Waals surface area contributed by atoms with Gasteiger partial charge in [0.2, 0.25) is 5.91 Å². The fourth-order valence-corrected chi connectivity index (χ4v) is 1.38. The summed E-state index contributed by atoms with van der Waals surface area (Å²) in [6.45, 7) is 5.07. The van der Waals surface area contributed by atoms with Crippen LogP contribution in [0.15, 0.2) is 23.4 Å². The van der Waals surface area contributed by atoms with Gasteiger partial charge < -0.3 is 21.0 Å². The van der Waals surface area contributed by atoms with Gasteiger partial charge in [0.05, 0.1) is 6.61 Å². The van der Waals surface area contributed by atoms with Gasteiger partial charge in [-0.15, -0.1) is 0 Å². The molecule has 0 heterocycles. The van der Waals surface area contributed by atoms with Crippen LogP contribution >= 0.6 is 0 Å². The summed E-state index contributed by atoms with van der Waals surface area (Å²) in [7, 11) is 0. The molecule has 0 aliphatic heterocycles. The number of carbonyl (C=O) groups excluding carboxylic acids is 1. The Bertz CT molecular complexity index is 530. The van der Waals surface area contributed by atoms with Gasteiger partial charge in [0, 0.05) is 11.8 Å². The lowest BCUT2D eigenvalue weighted by atomic mass is 9.91. The molecule has 0 spiro atoms. The molecule has 1 amide bonds. The number of nitrogens with two attached hydrogens (primary N) is 1. The van der Waals surface area contributed by atoms with Crippen LogP contribution in [-0.2, 0) is 4.79 Å². The Morgan fingerprint density at radius 1 is 1.55 bits per heavy atom. The number of nitrogens with zero attached hydrogens (tertiary/aromatic N) is 1. The number of rotatable bonds is 5. The maximum absolute atomic E-state index is 13.6. The smallest absolute Gasteiger partial charge is 0.237 e. The van der Waals surface area contributed by atoms with Crippen molar-refractivity contribution in [2.24, 2.45) is 16.3 Å². The Morgan fingerprint density at radius 3 is 2.70 bits per heavy atom. The van der Waals surface area contributed by atoms with Crippen molar-refractivity contribution < 1.29 is 19.1 Å². The average Bonchev–Trinajstić information content (AvgIpc) is 2.40. The van der Waals surface area contributed by atoms with Crippen molar-refractivity contribution in [3.63, 3.8) is 0 Å². The minimum atomic E-state index is -1.22. The monoisotopic (exact) mass is 283 g/mol. The van der Waals surface area contributed by atoms with Crippen LogP contribution in [0, 0.1) is 11.2 Å². The average molecular weight is 283 g/mol. The molecule has 0 unspecified atom stereocenters. The molecule has 110 valence electrons. The quantitative estimate of drug-likeness (QED) is 0.333. The van der Waals surface area contributed by atoms with E-state index in [9.17, 15) is 9.18 Å². The van der Waals surface area contributed by atoms with Crippen molar-refractivity contribution in [3.8, 4) is 5.75 Å². The van der Waals surface area contributed by atoms with E-state index in [4.69, 9.17) is 15.7 Å². The van der Waals surface area contributed by atoms with Crippen molar-refractivity contribution in [1.82, 2.24) is 0 Å². The van der Waals surface area contributed by atoms with E-state index < -0.39 is 17.1 Å². The summed E-state index contributed by atoms with van der Waals surface area (Å²) < 4.78 is 18.7. The zero-order valence-electron chi connectivity index (χ0n) is 11.6. The van der Waals surface area contributed by atoms with Crippen LogP contribution in [0.2, 0.25) is 0 Å². The summed E-state index contributed by atoms with van der Waals surface area (Å²) in [5, 5.41) is 14.0. The van der Waals surface area contributed by atoms with Gasteiger partial charge in [-0.2, -0.15) is 0 Å². The molecule has 0 atom stereocenters. The van der Waals surface area contributed by atoms with Gasteiger partial charge in [-0.3, -0.25) is 4.79 Å². The van der Waals surface area contributed by atoms with E-state index >= 15 is 0 Å². The number of amidine groups is 1. The van der Waals surface area contributed by atoms with E-state index in [0.717, 1.165) is 6.07 Å². The number of halogens is 1. The molecule has 0 aliphatic carbocycles. The molecule has 0 radical (unpaired) electrons. The number of benzene rings is 1.